The monoisotopic (exact) mass is 498 g/mol. The van der Waals surface area contributed by atoms with Crippen LogP contribution < -0.4 is 0 Å². The highest BCUT2D eigenvalue weighted by atomic mass is 19.1. The molecule has 0 saturated heterocycles. The number of aliphatic carboxylic acids is 1. The first-order chi connectivity index (χ1) is 17.4. The third-order valence-electron chi connectivity index (χ3n) is 10.6. The highest BCUT2D eigenvalue weighted by Crippen LogP contribution is 2.45. The van der Waals surface area contributed by atoms with Crippen LogP contribution in [0.3, 0.4) is 0 Å². The van der Waals surface area contributed by atoms with Crippen LogP contribution in [0, 0.1) is 35.4 Å². The van der Waals surface area contributed by atoms with Crippen molar-refractivity contribution in [2.24, 2.45) is 29.6 Å². The van der Waals surface area contributed by atoms with Gasteiger partial charge in [-0.2, -0.15) is 0 Å². The normalized spacial score (nSPS) is 33.4. The Morgan fingerprint density at radius 1 is 0.806 bits per heavy atom. The van der Waals surface area contributed by atoms with Gasteiger partial charge in [-0.3, -0.25) is 4.79 Å². The Balaban J connectivity index is 1.26. The van der Waals surface area contributed by atoms with Crippen molar-refractivity contribution in [1.29, 1.82) is 0 Å². The molecular weight excluding hydrogens is 447 g/mol. The Bertz CT molecular complexity index is 824. The maximum atomic E-state index is 15.3. The van der Waals surface area contributed by atoms with Crippen molar-refractivity contribution in [1.82, 2.24) is 0 Å². The second-order valence-electron chi connectivity index (χ2n) is 12.8. The Morgan fingerprint density at radius 3 is 1.78 bits per heavy atom. The molecule has 3 aliphatic carbocycles. The zero-order valence-corrected chi connectivity index (χ0v) is 23.1. The van der Waals surface area contributed by atoms with E-state index in [0.717, 1.165) is 67.8 Å². The number of carbonyl (C=O) groups is 1. The maximum absolute atomic E-state index is 15.3. The van der Waals surface area contributed by atoms with Gasteiger partial charge >= 0.3 is 5.97 Å². The lowest BCUT2D eigenvalue weighted by Crippen LogP contribution is -2.40. The summed E-state index contributed by atoms with van der Waals surface area (Å²) in [6.07, 6.45) is 21.3. The largest absolute Gasteiger partial charge is 0.481 e. The highest BCUT2D eigenvalue weighted by Gasteiger charge is 2.45. The summed E-state index contributed by atoms with van der Waals surface area (Å²) in [5.74, 6) is 3.12. The van der Waals surface area contributed by atoms with Gasteiger partial charge in [-0.1, -0.05) is 77.3 Å². The summed E-state index contributed by atoms with van der Waals surface area (Å²) in [7, 11) is 0. The fourth-order valence-corrected chi connectivity index (χ4v) is 8.24. The summed E-state index contributed by atoms with van der Waals surface area (Å²) in [4.78, 5) is 12.3. The Hall–Kier alpha value is -1.38. The quantitative estimate of drug-likeness (QED) is 0.349. The minimum atomic E-state index is -1.04. The molecule has 3 saturated carbocycles. The minimum absolute atomic E-state index is 0.300. The molecule has 0 aromatic heterocycles. The number of benzene rings is 1. The number of rotatable bonds is 10. The van der Waals surface area contributed by atoms with E-state index in [-0.39, 0.29) is 5.82 Å². The highest BCUT2D eigenvalue weighted by molar-refractivity contribution is 5.81. The van der Waals surface area contributed by atoms with Crippen LogP contribution >= 0.6 is 0 Å². The number of carboxylic acids is 1. The molecule has 0 heterocycles. The maximum Gasteiger partial charge on any atom is 0.314 e. The van der Waals surface area contributed by atoms with E-state index in [9.17, 15) is 9.90 Å². The molecule has 0 atom stereocenters. The molecule has 0 aliphatic heterocycles. The molecule has 2 nitrogen and oxygen atoms in total. The van der Waals surface area contributed by atoms with Crippen molar-refractivity contribution in [2.75, 3.05) is 0 Å². The fourth-order valence-electron chi connectivity index (χ4n) is 8.24. The van der Waals surface area contributed by atoms with E-state index in [2.05, 4.69) is 13.8 Å². The predicted molar refractivity (Wildman–Crippen MR) is 147 cm³/mol. The van der Waals surface area contributed by atoms with Gasteiger partial charge in [-0.15, -0.1) is 0 Å². The molecule has 3 fully saturated rings. The molecule has 0 bridgehead atoms. The van der Waals surface area contributed by atoms with Crippen LogP contribution in [0.4, 0.5) is 4.39 Å². The Morgan fingerprint density at radius 2 is 1.31 bits per heavy atom. The van der Waals surface area contributed by atoms with Gasteiger partial charge in [-0.25, -0.2) is 4.39 Å². The summed E-state index contributed by atoms with van der Waals surface area (Å²) in [6.45, 7) is 4.50. The van der Waals surface area contributed by atoms with E-state index in [4.69, 9.17) is 0 Å². The van der Waals surface area contributed by atoms with Gasteiger partial charge in [0.2, 0.25) is 0 Å². The van der Waals surface area contributed by atoms with Gasteiger partial charge in [0.15, 0.2) is 0 Å². The first-order valence-corrected chi connectivity index (χ1v) is 15.5. The van der Waals surface area contributed by atoms with Crippen LogP contribution in [0.2, 0.25) is 0 Å². The lowest BCUT2D eigenvalue weighted by molar-refractivity contribution is -0.145. The molecule has 0 spiro atoms. The van der Waals surface area contributed by atoms with E-state index in [1.165, 1.54) is 64.2 Å². The fraction of sp³-hybridized carbons (Fsp3) is 0.788. The first-order valence-electron chi connectivity index (χ1n) is 15.5. The van der Waals surface area contributed by atoms with Gasteiger partial charge in [-0.05, 0) is 105 Å². The Labute approximate surface area is 219 Å². The van der Waals surface area contributed by atoms with Gasteiger partial charge in [0.05, 0.1) is 5.41 Å². The topological polar surface area (TPSA) is 37.3 Å². The lowest BCUT2D eigenvalue weighted by atomic mass is 9.65. The van der Waals surface area contributed by atoms with E-state index < -0.39 is 11.4 Å². The molecular formula is C33H51FO2. The van der Waals surface area contributed by atoms with Crippen molar-refractivity contribution in [3.8, 4) is 0 Å². The molecule has 3 heteroatoms. The molecule has 0 amide bonds. The average molecular weight is 499 g/mol. The molecule has 3 aliphatic rings. The third kappa shape index (κ3) is 6.54. The van der Waals surface area contributed by atoms with E-state index in [0.29, 0.717) is 24.3 Å². The molecule has 0 unspecified atom stereocenters. The Kier molecular flexibility index (Phi) is 9.92. The van der Waals surface area contributed by atoms with Gasteiger partial charge in [0.25, 0.3) is 0 Å². The van der Waals surface area contributed by atoms with E-state index in [1.807, 2.05) is 12.1 Å². The van der Waals surface area contributed by atoms with Crippen molar-refractivity contribution in [2.45, 2.75) is 135 Å². The van der Waals surface area contributed by atoms with Gasteiger partial charge in [0.1, 0.15) is 5.82 Å². The number of aryl methyl sites for hydroxylation is 1. The minimum Gasteiger partial charge on any atom is -0.481 e. The van der Waals surface area contributed by atoms with E-state index >= 15 is 4.39 Å². The summed E-state index contributed by atoms with van der Waals surface area (Å²) in [5.41, 5.74) is 0.414. The number of carboxylic acid groups (broad SMARTS) is 1. The molecule has 1 aromatic rings. The average Bonchev–Trinajstić information content (AvgIpc) is 2.89. The number of hydrogen-bond donors (Lipinski definition) is 1. The van der Waals surface area contributed by atoms with Crippen LogP contribution in [-0.4, -0.2) is 11.1 Å². The van der Waals surface area contributed by atoms with Crippen LogP contribution in [0.25, 0.3) is 0 Å². The first kappa shape index (κ1) is 27.6. The smallest absolute Gasteiger partial charge is 0.314 e. The molecule has 202 valence electrons. The third-order valence-corrected chi connectivity index (χ3v) is 10.6. The second kappa shape index (κ2) is 12.9. The van der Waals surface area contributed by atoms with Crippen LogP contribution in [0.5, 0.6) is 0 Å². The molecule has 4 rings (SSSR count). The molecule has 0 radical (unpaired) electrons. The van der Waals surface area contributed by atoms with Crippen molar-refractivity contribution >= 4 is 5.97 Å². The standard InChI is InChI=1S/C33H51FO2/c1-3-5-24-9-14-28(15-10-24)29-16-11-26(12-17-29)7-8-27-13-18-30(31(34)23-27)33(32(35)36)21-19-25(6-4-2)20-22-33/h13,18,23-26,28-29H,3-12,14-17,19-22H2,1-2H3,(H,35,36). The number of halogens is 1. The lowest BCUT2D eigenvalue weighted by Gasteiger charge is -2.38. The van der Waals surface area contributed by atoms with E-state index in [1.54, 1.807) is 6.07 Å². The summed E-state index contributed by atoms with van der Waals surface area (Å²) in [5, 5.41) is 10.1. The summed E-state index contributed by atoms with van der Waals surface area (Å²) in [6, 6.07) is 5.48. The van der Waals surface area contributed by atoms with Crippen molar-refractivity contribution in [3.63, 3.8) is 0 Å². The summed E-state index contributed by atoms with van der Waals surface area (Å²) >= 11 is 0. The molecule has 1 N–H and O–H groups in total. The van der Waals surface area contributed by atoms with Gasteiger partial charge in [0, 0.05) is 5.56 Å². The molecule has 36 heavy (non-hydrogen) atoms. The summed E-state index contributed by atoms with van der Waals surface area (Å²) < 4.78 is 15.3. The molecule has 1 aromatic carbocycles. The van der Waals surface area contributed by atoms with Gasteiger partial charge < -0.3 is 5.11 Å². The second-order valence-corrected chi connectivity index (χ2v) is 12.8. The zero-order chi connectivity index (χ0) is 25.5. The van der Waals surface area contributed by atoms with Crippen LogP contribution in [0.15, 0.2) is 18.2 Å². The zero-order valence-electron chi connectivity index (χ0n) is 23.1. The van der Waals surface area contributed by atoms with Crippen molar-refractivity contribution in [3.05, 3.63) is 35.1 Å². The SMILES string of the molecule is CCCC1CCC(C2CCC(CCc3ccc(C4(C(=O)O)CCC(CCC)CC4)c(F)c3)CC2)CC1. The van der Waals surface area contributed by atoms with Crippen LogP contribution in [0.1, 0.15) is 134 Å². The number of hydrogen-bond acceptors (Lipinski definition) is 1. The predicted octanol–water partition coefficient (Wildman–Crippen LogP) is 9.48. The van der Waals surface area contributed by atoms with Crippen LogP contribution in [-0.2, 0) is 16.6 Å². The van der Waals surface area contributed by atoms with Crippen molar-refractivity contribution < 1.29 is 14.3 Å².